The number of oxime groups is 1. The van der Waals surface area contributed by atoms with Crippen molar-refractivity contribution in [2.24, 2.45) is 10.9 Å². The fourth-order valence-corrected chi connectivity index (χ4v) is 1.36. The topological polar surface area (TPSA) is 78.8 Å². The van der Waals surface area contributed by atoms with Crippen LogP contribution in [0.15, 0.2) is 5.16 Å². The number of amidine groups is 1. The van der Waals surface area contributed by atoms with Crippen molar-refractivity contribution < 1.29 is 10.3 Å². The van der Waals surface area contributed by atoms with Crippen molar-refractivity contribution in [3.63, 3.8) is 0 Å². The summed E-state index contributed by atoms with van der Waals surface area (Å²) in [6.07, 6.45) is 0.744. The predicted molar refractivity (Wildman–Crippen MR) is 47.0 cm³/mol. The molecule has 0 spiro atoms. The molecule has 0 aromatic heterocycles. The van der Waals surface area contributed by atoms with Crippen LogP contribution < -0.4 is 5.73 Å². The van der Waals surface area contributed by atoms with Crippen LogP contribution in [-0.2, 0) is 0 Å². The molecule has 1 atom stereocenters. The third-order valence-corrected chi connectivity index (χ3v) is 2.47. The standard InChI is InChI=1S/C6H14N2O2S/c1-5(6(7)8-10)11-4-2-3-9/h5,9-10H,2-4H2,1H3,(H2,7,8). The molecule has 0 aliphatic heterocycles. The molecule has 0 bridgehead atoms. The summed E-state index contributed by atoms with van der Waals surface area (Å²) in [6.45, 7) is 2.05. The highest BCUT2D eigenvalue weighted by Gasteiger charge is 2.06. The largest absolute Gasteiger partial charge is 0.409 e. The van der Waals surface area contributed by atoms with E-state index in [1.54, 1.807) is 11.8 Å². The number of aliphatic hydroxyl groups is 1. The van der Waals surface area contributed by atoms with Gasteiger partial charge in [0.25, 0.3) is 0 Å². The second-order valence-corrected chi connectivity index (χ2v) is 3.56. The van der Waals surface area contributed by atoms with Crippen LogP contribution >= 0.6 is 11.8 Å². The Kier molecular flexibility index (Phi) is 6.06. The summed E-state index contributed by atoms with van der Waals surface area (Å²) in [5, 5.41) is 19.6. The number of hydrogen-bond donors (Lipinski definition) is 3. The maximum Gasteiger partial charge on any atom is 0.151 e. The number of nitrogens with two attached hydrogens (primary N) is 1. The van der Waals surface area contributed by atoms with Gasteiger partial charge in [0.1, 0.15) is 0 Å². The zero-order valence-corrected chi connectivity index (χ0v) is 7.34. The second-order valence-electron chi connectivity index (χ2n) is 2.12. The van der Waals surface area contributed by atoms with Crippen LogP contribution in [0.3, 0.4) is 0 Å². The van der Waals surface area contributed by atoms with Crippen molar-refractivity contribution in [3.05, 3.63) is 0 Å². The highest BCUT2D eigenvalue weighted by atomic mass is 32.2. The van der Waals surface area contributed by atoms with Crippen molar-refractivity contribution in [3.8, 4) is 0 Å². The van der Waals surface area contributed by atoms with E-state index < -0.39 is 0 Å². The average Bonchev–Trinajstić information content (AvgIpc) is 2.03. The van der Waals surface area contributed by atoms with Crippen LogP contribution in [0.5, 0.6) is 0 Å². The molecule has 4 N–H and O–H groups in total. The lowest BCUT2D eigenvalue weighted by molar-refractivity contribution is 0.296. The monoisotopic (exact) mass is 178 g/mol. The molecule has 0 rings (SSSR count). The van der Waals surface area contributed by atoms with Crippen molar-refractivity contribution in [2.45, 2.75) is 18.6 Å². The minimum atomic E-state index is 0.0200. The Hall–Kier alpha value is -0.420. The molecule has 0 heterocycles. The van der Waals surface area contributed by atoms with Gasteiger partial charge in [0, 0.05) is 6.61 Å². The molecule has 11 heavy (non-hydrogen) atoms. The Morgan fingerprint density at radius 1 is 1.73 bits per heavy atom. The molecule has 0 aliphatic rings. The molecule has 0 aromatic carbocycles. The van der Waals surface area contributed by atoms with Crippen molar-refractivity contribution in [1.82, 2.24) is 0 Å². The van der Waals surface area contributed by atoms with Gasteiger partial charge in [-0.2, -0.15) is 11.8 Å². The van der Waals surface area contributed by atoms with Crippen LogP contribution in [0.1, 0.15) is 13.3 Å². The van der Waals surface area contributed by atoms with Gasteiger partial charge in [0.15, 0.2) is 5.84 Å². The molecule has 0 amide bonds. The van der Waals surface area contributed by atoms with E-state index in [0.717, 1.165) is 12.2 Å². The fourth-order valence-electron chi connectivity index (χ4n) is 0.491. The smallest absolute Gasteiger partial charge is 0.151 e. The van der Waals surface area contributed by atoms with Crippen molar-refractivity contribution >= 4 is 17.6 Å². The van der Waals surface area contributed by atoms with E-state index in [2.05, 4.69) is 5.16 Å². The van der Waals surface area contributed by atoms with E-state index in [0.29, 0.717) is 0 Å². The zero-order valence-electron chi connectivity index (χ0n) is 6.53. The van der Waals surface area contributed by atoms with Crippen molar-refractivity contribution in [2.75, 3.05) is 12.4 Å². The van der Waals surface area contributed by atoms with Crippen LogP contribution in [0.4, 0.5) is 0 Å². The third-order valence-electron chi connectivity index (χ3n) is 1.20. The number of thioether (sulfide) groups is 1. The first-order valence-corrected chi connectivity index (χ1v) is 4.47. The molecule has 4 nitrogen and oxygen atoms in total. The first-order chi connectivity index (χ1) is 5.22. The molecule has 5 heteroatoms. The summed E-state index contributed by atoms with van der Waals surface area (Å²) in [5.74, 6) is 1.06. The summed E-state index contributed by atoms with van der Waals surface area (Å²) in [6, 6.07) is 0. The summed E-state index contributed by atoms with van der Waals surface area (Å²) in [4.78, 5) is 0. The van der Waals surface area contributed by atoms with Crippen LogP contribution in [-0.4, -0.2) is 33.8 Å². The molecule has 0 saturated carbocycles. The lowest BCUT2D eigenvalue weighted by Crippen LogP contribution is -2.23. The minimum Gasteiger partial charge on any atom is -0.409 e. The Labute approximate surface area is 70.5 Å². The first kappa shape index (κ1) is 10.6. The van der Waals surface area contributed by atoms with Crippen LogP contribution in [0.2, 0.25) is 0 Å². The summed E-state index contributed by atoms with van der Waals surface area (Å²) in [7, 11) is 0. The van der Waals surface area contributed by atoms with Crippen LogP contribution in [0.25, 0.3) is 0 Å². The Balaban J connectivity index is 3.44. The third kappa shape index (κ3) is 4.92. The summed E-state index contributed by atoms with van der Waals surface area (Å²) < 4.78 is 0. The van der Waals surface area contributed by atoms with E-state index in [9.17, 15) is 0 Å². The minimum absolute atomic E-state index is 0.0200. The predicted octanol–water partition coefficient (Wildman–Crippen LogP) is 0.237. The van der Waals surface area contributed by atoms with Gasteiger partial charge in [-0.05, 0) is 19.1 Å². The van der Waals surface area contributed by atoms with Gasteiger partial charge >= 0.3 is 0 Å². The SMILES string of the molecule is CC(SCCCO)C(N)=NO. The van der Waals surface area contributed by atoms with E-state index in [1.165, 1.54) is 0 Å². The maximum atomic E-state index is 8.45. The molecule has 0 aromatic rings. The Bertz CT molecular complexity index is 130. The number of aliphatic hydroxyl groups excluding tert-OH is 1. The van der Waals surface area contributed by atoms with Crippen LogP contribution in [0, 0.1) is 0 Å². The number of rotatable bonds is 5. The fraction of sp³-hybridized carbons (Fsp3) is 0.833. The number of hydrogen-bond acceptors (Lipinski definition) is 4. The average molecular weight is 178 g/mol. The quantitative estimate of drug-likeness (QED) is 0.185. The van der Waals surface area contributed by atoms with Crippen molar-refractivity contribution in [1.29, 1.82) is 0 Å². The van der Waals surface area contributed by atoms with E-state index in [4.69, 9.17) is 16.0 Å². The maximum absolute atomic E-state index is 8.45. The van der Waals surface area contributed by atoms with Gasteiger partial charge < -0.3 is 16.0 Å². The first-order valence-electron chi connectivity index (χ1n) is 3.42. The van der Waals surface area contributed by atoms with Gasteiger partial charge in [-0.25, -0.2) is 0 Å². The molecular weight excluding hydrogens is 164 g/mol. The van der Waals surface area contributed by atoms with Gasteiger partial charge in [-0.1, -0.05) is 5.16 Å². The zero-order chi connectivity index (χ0) is 8.69. The number of nitrogens with zero attached hydrogens (tertiary/aromatic N) is 1. The molecule has 0 saturated heterocycles. The molecule has 0 fully saturated rings. The highest BCUT2D eigenvalue weighted by Crippen LogP contribution is 2.10. The Morgan fingerprint density at radius 2 is 2.36 bits per heavy atom. The molecule has 0 radical (unpaired) electrons. The van der Waals surface area contributed by atoms with Gasteiger partial charge in [-0.15, -0.1) is 0 Å². The van der Waals surface area contributed by atoms with E-state index in [1.807, 2.05) is 6.92 Å². The summed E-state index contributed by atoms with van der Waals surface area (Å²) in [5.41, 5.74) is 5.32. The van der Waals surface area contributed by atoms with Gasteiger partial charge in [-0.3, -0.25) is 0 Å². The van der Waals surface area contributed by atoms with E-state index >= 15 is 0 Å². The van der Waals surface area contributed by atoms with Gasteiger partial charge in [0.2, 0.25) is 0 Å². The van der Waals surface area contributed by atoms with Gasteiger partial charge in [0.05, 0.1) is 5.25 Å². The normalized spacial score (nSPS) is 14.9. The Morgan fingerprint density at radius 3 is 2.82 bits per heavy atom. The summed E-state index contributed by atoms with van der Waals surface area (Å²) >= 11 is 1.56. The lowest BCUT2D eigenvalue weighted by atomic mass is 10.4. The highest BCUT2D eigenvalue weighted by molar-refractivity contribution is 8.00. The lowest BCUT2D eigenvalue weighted by Gasteiger charge is -2.07. The second kappa shape index (κ2) is 6.30. The molecule has 66 valence electrons. The molecule has 0 aliphatic carbocycles. The van der Waals surface area contributed by atoms with E-state index in [-0.39, 0.29) is 17.7 Å². The molecule has 1 unspecified atom stereocenters. The molecular formula is C6H14N2O2S.